The maximum absolute atomic E-state index is 13.7. The molecule has 0 aromatic heterocycles. The van der Waals surface area contributed by atoms with Gasteiger partial charge in [0.2, 0.25) is 5.91 Å². The largest absolute Gasteiger partial charge is 0.497 e. The number of fused-ring (bicyclic) bond motifs is 1. The van der Waals surface area contributed by atoms with Crippen LogP contribution in [-0.4, -0.2) is 48.5 Å². The fourth-order valence-corrected chi connectivity index (χ4v) is 5.69. The van der Waals surface area contributed by atoms with E-state index in [9.17, 15) is 13.6 Å². The third-order valence-electron chi connectivity index (χ3n) is 7.69. The van der Waals surface area contributed by atoms with Gasteiger partial charge < -0.3 is 9.64 Å². The van der Waals surface area contributed by atoms with E-state index in [0.29, 0.717) is 18.4 Å². The molecule has 2 heterocycles. The van der Waals surface area contributed by atoms with Crippen LogP contribution in [-0.2, 0) is 11.3 Å². The summed E-state index contributed by atoms with van der Waals surface area (Å²) in [7, 11) is 1.66. The van der Waals surface area contributed by atoms with Crippen molar-refractivity contribution in [2.24, 2.45) is 11.8 Å². The molecule has 5 rings (SSSR count). The molecule has 2 aromatic rings. The highest BCUT2D eigenvalue weighted by Gasteiger charge is 2.48. The number of hydrogen-bond donors (Lipinski definition) is 0. The number of halogens is 2. The van der Waals surface area contributed by atoms with Crippen molar-refractivity contribution < 1.29 is 18.3 Å². The van der Waals surface area contributed by atoms with Gasteiger partial charge in [-0.2, -0.15) is 0 Å². The van der Waals surface area contributed by atoms with E-state index < -0.39 is 11.6 Å². The molecule has 3 atom stereocenters. The third-order valence-corrected chi connectivity index (χ3v) is 7.69. The summed E-state index contributed by atoms with van der Waals surface area (Å²) in [4.78, 5) is 17.7. The molecule has 4 nitrogen and oxygen atoms in total. The second-order valence-electron chi connectivity index (χ2n) is 9.50. The summed E-state index contributed by atoms with van der Waals surface area (Å²) < 4.78 is 32.4. The van der Waals surface area contributed by atoms with Gasteiger partial charge in [-0.3, -0.25) is 9.69 Å². The maximum atomic E-state index is 13.7. The normalized spacial score (nSPS) is 26.0. The number of methoxy groups -OCH3 is 1. The SMILES string of the molecule is COc1ccc([C@@H]2CN(C(=O)C3CCC3)[C@H]3CCN(Cc4ccc(F)c(F)c4)C[C@@H]23)cc1. The Morgan fingerprint density at radius 1 is 1.03 bits per heavy atom. The lowest BCUT2D eigenvalue weighted by Gasteiger charge is -2.40. The Morgan fingerprint density at radius 3 is 2.47 bits per heavy atom. The van der Waals surface area contributed by atoms with E-state index in [1.54, 1.807) is 13.2 Å². The second-order valence-corrected chi connectivity index (χ2v) is 9.50. The van der Waals surface area contributed by atoms with Gasteiger partial charge in [0, 0.05) is 50.0 Å². The number of piperidine rings is 1. The standard InChI is InChI=1S/C26H30F2N2O2/c1-32-20-8-6-18(7-9-20)21-16-30(26(31)19-3-2-4-19)25-11-12-29(15-22(21)25)14-17-5-10-23(27)24(28)13-17/h5-10,13,19,21-22,25H,2-4,11-12,14-16H2,1H3/t21-,22-,25-/m0/s1. The van der Waals surface area contributed by atoms with Crippen molar-refractivity contribution >= 4 is 5.91 Å². The van der Waals surface area contributed by atoms with Crippen LogP contribution >= 0.6 is 0 Å². The van der Waals surface area contributed by atoms with Gasteiger partial charge in [0.15, 0.2) is 11.6 Å². The Labute approximate surface area is 188 Å². The van der Waals surface area contributed by atoms with Crippen molar-refractivity contribution in [1.29, 1.82) is 0 Å². The van der Waals surface area contributed by atoms with Crippen LogP contribution in [0, 0.1) is 23.5 Å². The zero-order chi connectivity index (χ0) is 22.2. The lowest BCUT2D eigenvalue weighted by atomic mass is 9.81. The number of carbonyl (C=O) groups excluding carboxylic acids is 1. The average Bonchev–Trinajstić information content (AvgIpc) is 3.14. The van der Waals surface area contributed by atoms with Crippen LogP contribution in [0.2, 0.25) is 0 Å². The fourth-order valence-electron chi connectivity index (χ4n) is 5.69. The zero-order valence-electron chi connectivity index (χ0n) is 18.5. The number of amides is 1. The number of rotatable bonds is 5. The van der Waals surface area contributed by atoms with Gasteiger partial charge in [0.05, 0.1) is 7.11 Å². The average molecular weight is 441 g/mol. The molecule has 32 heavy (non-hydrogen) atoms. The van der Waals surface area contributed by atoms with Crippen LogP contribution < -0.4 is 4.74 Å². The molecule has 3 aliphatic rings. The Kier molecular flexibility index (Phi) is 5.89. The zero-order valence-corrected chi connectivity index (χ0v) is 18.5. The van der Waals surface area contributed by atoms with Crippen LogP contribution in [0.15, 0.2) is 42.5 Å². The second kappa shape index (κ2) is 8.81. The van der Waals surface area contributed by atoms with Crippen molar-refractivity contribution in [2.75, 3.05) is 26.7 Å². The number of nitrogens with zero attached hydrogens (tertiary/aromatic N) is 2. The highest BCUT2D eigenvalue weighted by Crippen LogP contribution is 2.44. The van der Waals surface area contributed by atoms with Gasteiger partial charge in [-0.15, -0.1) is 0 Å². The van der Waals surface area contributed by atoms with Crippen LogP contribution in [0.25, 0.3) is 0 Å². The fraction of sp³-hybridized carbons (Fsp3) is 0.500. The molecule has 170 valence electrons. The number of hydrogen-bond acceptors (Lipinski definition) is 3. The highest BCUT2D eigenvalue weighted by molar-refractivity contribution is 5.80. The minimum atomic E-state index is -0.812. The first-order valence-electron chi connectivity index (χ1n) is 11.6. The molecule has 0 radical (unpaired) electrons. The van der Waals surface area contributed by atoms with Crippen LogP contribution in [0.5, 0.6) is 5.75 Å². The van der Waals surface area contributed by atoms with E-state index in [4.69, 9.17) is 4.74 Å². The van der Waals surface area contributed by atoms with E-state index in [2.05, 4.69) is 21.9 Å². The molecule has 0 bridgehead atoms. The summed E-state index contributed by atoms with van der Waals surface area (Å²) in [5, 5.41) is 0. The Hall–Kier alpha value is -2.47. The van der Waals surface area contributed by atoms with E-state index in [-0.39, 0.29) is 17.9 Å². The van der Waals surface area contributed by atoms with Gasteiger partial charge in [-0.05, 0) is 54.7 Å². The molecule has 2 aromatic carbocycles. The summed E-state index contributed by atoms with van der Waals surface area (Å²) in [6.07, 6.45) is 4.10. The van der Waals surface area contributed by atoms with Gasteiger partial charge >= 0.3 is 0 Å². The number of ether oxygens (including phenoxy) is 1. The molecule has 1 amide bonds. The van der Waals surface area contributed by atoms with Crippen LogP contribution in [0.1, 0.15) is 42.7 Å². The summed E-state index contributed by atoms with van der Waals surface area (Å²) in [6.45, 7) is 3.04. The topological polar surface area (TPSA) is 32.8 Å². The van der Waals surface area contributed by atoms with Crippen molar-refractivity contribution in [2.45, 2.75) is 44.2 Å². The van der Waals surface area contributed by atoms with E-state index in [1.807, 2.05) is 12.1 Å². The van der Waals surface area contributed by atoms with Crippen molar-refractivity contribution in [3.05, 3.63) is 65.2 Å². The summed E-state index contributed by atoms with van der Waals surface area (Å²) >= 11 is 0. The molecule has 1 aliphatic carbocycles. The summed E-state index contributed by atoms with van der Waals surface area (Å²) in [5.41, 5.74) is 2.02. The maximum Gasteiger partial charge on any atom is 0.225 e. The number of carbonyl (C=O) groups is 1. The highest BCUT2D eigenvalue weighted by atomic mass is 19.2. The molecular weight excluding hydrogens is 410 g/mol. The van der Waals surface area contributed by atoms with E-state index in [1.165, 1.54) is 17.7 Å². The first kappa shape index (κ1) is 21.4. The molecule has 0 unspecified atom stereocenters. The first-order chi connectivity index (χ1) is 15.5. The minimum absolute atomic E-state index is 0.200. The third kappa shape index (κ3) is 4.01. The Balaban J connectivity index is 1.37. The predicted octanol–water partition coefficient (Wildman–Crippen LogP) is 4.59. The lowest BCUT2D eigenvalue weighted by Crippen LogP contribution is -2.49. The van der Waals surface area contributed by atoms with Crippen molar-refractivity contribution in [3.63, 3.8) is 0 Å². The number of likely N-dealkylation sites (tertiary alicyclic amines) is 2. The molecule has 3 fully saturated rings. The lowest BCUT2D eigenvalue weighted by molar-refractivity contribution is -0.140. The smallest absolute Gasteiger partial charge is 0.225 e. The Bertz CT molecular complexity index is 976. The monoisotopic (exact) mass is 440 g/mol. The molecule has 6 heteroatoms. The minimum Gasteiger partial charge on any atom is -0.497 e. The molecule has 0 N–H and O–H groups in total. The quantitative estimate of drug-likeness (QED) is 0.682. The van der Waals surface area contributed by atoms with E-state index in [0.717, 1.165) is 56.6 Å². The molecular formula is C26H30F2N2O2. The van der Waals surface area contributed by atoms with Crippen LogP contribution in [0.3, 0.4) is 0 Å². The van der Waals surface area contributed by atoms with Crippen molar-refractivity contribution in [1.82, 2.24) is 9.80 Å². The van der Waals surface area contributed by atoms with Gasteiger partial charge in [0.25, 0.3) is 0 Å². The molecule has 0 spiro atoms. The van der Waals surface area contributed by atoms with Crippen LogP contribution in [0.4, 0.5) is 8.78 Å². The van der Waals surface area contributed by atoms with Gasteiger partial charge in [0.1, 0.15) is 5.75 Å². The van der Waals surface area contributed by atoms with Gasteiger partial charge in [-0.25, -0.2) is 8.78 Å². The van der Waals surface area contributed by atoms with Crippen molar-refractivity contribution in [3.8, 4) is 5.75 Å². The summed E-state index contributed by atoms with van der Waals surface area (Å²) in [5.74, 6) is 0.338. The Morgan fingerprint density at radius 2 is 1.81 bits per heavy atom. The summed E-state index contributed by atoms with van der Waals surface area (Å²) in [6, 6.07) is 12.6. The molecule has 2 aliphatic heterocycles. The molecule has 1 saturated carbocycles. The van der Waals surface area contributed by atoms with Gasteiger partial charge in [-0.1, -0.05) is 24.6 Å². The first-order valence-corrected chi connectivity index (χ1v) is 11.6. The molecule has 2 saturated heterocycles. The predicted molar refractivity (Wildman–Crippen MR) is 118 cm³/mol. The number of benzene rings is 2. The van der Waals surface area contributed by atoms with E-state index >= 15 is 0 Å².